The Morgan fingerprint density at radius 1 is 1.13 bits per heavy atom. The van der Waals surface area contributed by atoms with Gasteiger partial charge in [0.2, 0.25) is 5.91 Å². The molecule has 0 unspecified atom stereocenters. The van der Waals surface area contributed by atoms with E-state index < -0.39 is 0 Å². The van der Waals surface area contributed by atoms with Gasteiger partial charge in [0.15, 0.2) is 5.82 Å². The molecule has 0 aliphatic carbocycles. The van der Waals surface area contributed by atoms with Gasteiger partial charge in [-0.15, -0.1) is 10.2 Å². The Bertz CT molecular complexity index is 1040. The molecule has 2 heterocycles. The van der Waals surface area contributed by atoms with E-state index in [1.54, 1.807) is 7.11 Å². The predicted octanol–water partition coefficient (Wildman–Crippen LogP) is 3.99. The molecule has 160 valence electrons. The molecule has 1 amide bonds. The van der Waals surface area contributed by atoms with E-state index in [1.165, 1.54) is 5.56 Å². The van der Waals surface area contributed by atoms with Crippen LogP contribution in [0.4, 0.5) is 5.82 Å². The summed E-state index contributed by atoms with van der Waals surface area (Å²) in [5.74, 6) is 1.64. The van der Waals surface area contributed by atoms with E-state index in [4.69, 9.17) is 4.74 Å². The summed E-state index contributed by atoms with van der Waals surface area (Å²) in [7, 11) is 1.64. The van der Waals surface area contributed by atoms with E-state index in [0.29, 0.717) is 13.1 Å². The third-order valence-electron chi connectivity index (χ3n) is 5.79. The molecule has 31 heavy (non-hydrogen) atoms. The maximum Gasteiger partial charge on any atom is 0.225 e. The number of anilines is 1. The highest BCUT2D eigenvalue weighted by atomic mass is 16.5. The fourth-order valence-corrected chi connectivity index (χ4v) is 4.01. The second-order valence-corrected chi connectivity index (χ2v) is 7.95. The Morgan fingerprint density at radius 3 is 2.77 bits per heavy atom. The van der Waals surface area contributed by atoms with Gasteiger partial charge in [-0.3, -0.25) is 4.79 Å². The summed E-state index contributed by atoms with van der Waals surface area (Å²) < 4.78 is 5.25. The van der Waals surface area contributed by atoms with Crippen LogP contribution in [0.3, 0.4) is 0 Å². The van der Waals surface area contributed by atoms with Crippen LogP contribution in [0, 0.1) is 12.8 Å². The van der Waals surface area contributed by atoms with Crippen LogP contribution in [0.5, 0.6) is 5.75 Å². The molecule has 6 nitrogen and oxygen atoms in total. The van der Waals surface area contributed by atoms with E-state index in [-0.39, 0.29) is 11.8 Å². The van der Waals surface area contributed by atoms with Gasteiger partial charge in [0.1, 0.15) is 5.75 Å². The third kappa shape index (κ3) is 5.02. The normalized spacial score (nSPS) is 16.1. The Labute approximate surface area is 183 Å². The number of carbonyl (C=O) groups excluding carboxylic acids is 1. The fraction of sp³-hybridized carbons (Fsp3) is 0.320. The summed E-state index contributed by atoms with van der Waals surface area (Å²) in [5.41, 5.74) is 4.16. The Hall–Kier alpha value is -3.41. The minimum atomic E-state index is -0.0581. The number of nitrogens with zero attached hydrogens (tertiary/aromatic N) is 3. The molecule has 1 fully saturated rings. The summed E-state index contributed by atoms with van der Waals surface area (Å²) in [5, 5.41) is 12.0. The molecule has 0 radical (unpaired) electrons. The molecule has 6 heteroatoms. The van der Waals surface area contributed by atoms with Gasteiger partial charge in [0.05, 0.1) is 18.7 Å². The van der Waals surface area contributed by atoms with Gasteiger partial charge < -0.3 is 15.0 Å². The largest absolute Gasteiger partial charge is 0.497 e. The lowest BCUT2D eigenvalue weighted by Gasteiger charge is -2.32. The molecule has 2 aromatic carbocycles. The van der Waals surface area contributed by atoms with E-state index in [0.717, 1.165) is 47.8 Å². The van der Waals surface area contributed by atoms with Crippen molar-refractivity contribution >= 4 is 11.7 Å². The molecule has 1 aliphatic rings. The van der Waals surface area contributed by atoms with Crippen molar-refractivity contribution in [3.8, 4) is 17.0 Å². The highest BCUT2D eigenvalue weighted by Crippen LogP contribution is 2.25. The standard InChI is InChI=1S/C25H28N4O2/c1-18-7-3-4-11-22(18)23-12-13-24(28-27-23)29-14-6-9-20(17-29)25(30)26-16-19-8-5-10-21(15-19)31-2/h3-5,7-8,10-13,15,20H,6,9,14,16-17H2,1-2H3,(H,26,30)/t20-/m0/s1. The van der Waals surface area contributed by atoms with Crippen LogP contribution < -0.4 is 15.0 Å². The lowest BCUT2D eigenvalue weighted by Crippen LogP contribution is -2.43. The van der Waals surface area contributed by atoms with Gasteiger partial charge in [-0.05, 0) is 55.2 Å². The maximum atomic E-state index is 12.8. The van der Waals surface area contributed by atoms with Crippen LogP contribution in [0.25, 0.3) is 11.3 Å². The van der Waals surface area contributed by atoms with Crippen LogP contribution in [0.1, 0.15) is 24.0 Å². The van der Waals surface area contributed by atoms with Crippen molar-refractivity contribution in [3.05, 3.63) is 71.8 Å². The fourth-order valence-electron chi connectivity index (χ4n) is 4.01. The van der Waals surface area contributed by atoms with Gasteiger partial charge in [0, 0.05) is 25.2 Å². The molecular weight excluding hydrogens is 388 g/mol. The third-order valence-corrected chi connectivity index (χ3v) is 5.79. The Balaban J connectivity index is 1.37. The smallest absolute Gasteiger partial charge is 0.225 e. The van der Waals surface area contributed by atoms with Crippen LogP contribution in [-0.4, -0.2) is 36.3 Å². The van der Waals surface area contributed by atoms with Crippen LogP contribution >= 0.6 is 0 Å². The summed E-state index contributed by atoms with van der Waals surface area (Å²) >= 11 is 0. The molecule has 4 rings (SSSR count). The summed E-state index contributed by atoms with van der Waals surface area (Å²) in [6.07, 6.45) is 1.84. The number of hydrogen-bond donors (Lipinski definition) is 1. The van der Waals surface area contributed by atoms with E-state index in [2.05, 4.69) is 39.5 Å². The van der Waals surface area contributed by atoms with Crippen molar-refractivity contribution in [3.63, 3.8) is 0 Å². The number of nitrogens with one attached hydrogen (secondary N) is 1. The lowest BCUT2D eigenvalue weighted by atomic mass is 9.97. The maximum absolute atomic E-state index is 12.8. The topological polar surface area (TPSA) is 67.3 Å². The van der Waals surface area contributed by atoms with Gasteiger partial charge in [-0.2, -0.15) is 0 Å². The van der Waals surface area contributed by atoms with Gasteiger partial charge in [-0.1, -0.05) is 36.4 Å². The number of hydrogen-bond acceptors (Lipinski definition) is 5. The van der Waals surface area contributed by atoms with Crippen LogP contribution in [0.2, 0.25) is 0 Å². The average Bonchev–Trinajstić information content (AvgIpc) is 2.83. The molecule has 1 aliphatic heterocycles. The first-order valence-corrected chi connectivity index (χ1v) is 10.7. The first-order valence-electron chi connectivity index (χ1n) is 10.7. The molecule has 1 N–H and O–H groups in total. The molecule has 1 atom stereocenters. The highest BCUT2D eigenvalue weighted by molar-refractivity contribution is 5.79. The quantitative estimate of drug-likeness (QED) is 0.658. The Kier molecular flexibility index (Phi) is 6.46. The van der Waals surface area contributed by atoms with Crippen molar-refractivity contribution in [2.45, 2.75) is 26.3 Å². The minimum Gasteiger partial charge on any atom is -0.497 e. The first kappa shape index (κ1) is 20.8. The zero-order chi connectivity index (χ0) is 21.6. The SMILES string of the molecule is COc1cccc(CNC(=O)[C@H]2CCCN(c3ccc(-c4ccccc4C)nn3)C2)c1. The van der Waals surface area contributed by atoms with E-state index in [9.17, 15) is 4.79 Å². The predicted molar refractivity (Wildman–Crippen MR) is 122 cm³/mol. The van der Waals surface area contributed by atoms with Crippen LogP contribution in [-0.2, 0) is 11.3 Å². The lowest BCUT2D eigenvalue weighted by molar-refractivity contribution is -0.125. The molecule has 1 saturated heterocycles. The van der Waals surface area contributed by atoms with Crippen molar-refractivity contribution in [1.82, 2.24) is 15.5 Å². The van der Waals surface area contributed by atoms with Gasteiger partial charge >= 0.3 is 0 Å². The number of amides is 1. The second kappa shape index (κ2) is 9.60. The monoisotopic (exact) mass is 416 g/mol. The zero-order valence-corrected chi connectivity index (χ0v) is 18.0. The minimum absolute atomic E-state index is 0.0581. The van der Waals surface area contributed by atoms with Crippen molar-refractivity contribution < 1.29 is 9.53 Å². The van der Waals surface area contributed by atoms with E-state index >= 15 is 0 Å². The number of rotatable bonds is 6. The number of methoxy groups -OCH3 is 1. The zero-order valence-electron chi connectivity index (χ0n) is 18.0. The summed E-state index contributed by atoms with van der Waals surface area (Å²) in [6.45, 7) is 4.11. The molecule has 0 saturated carbocycles. The average molecular weight is 417 g/mol. The number of piperidine rings is 1. The highest BCUT2D eigenvalue weighted by Gasteiger charge is 2.26. The molecule has 1 aromatic heterocycles. The van der Waals surface area contributed by atoms with Crippen molar-refractivity contribution in [2.24, 2.45) is 5.92 Å². The molecule has 0 bridgehead atoms. The summed E-state index contributed by atoms with van der Waals surface area (Å²) in [4.78, 5) is 14.9. The first-order chi connectivity index (χ1) is 15.1. The molecular formula is C25H28N4O2. The Morgan fingerprint density at radius 2 is 2.00 bits per heavy atom. The van der Waals surface area contributed by atoms with Crippen molar-refractivity contribution in [2.75, 3.05) is 25.1 Å². The number of aromatic nitrogens is 2. The van der Waals surface area contributed by atoms with Gasteiger partial charge in [-0.25, -0.2) is 0 Å². The van der Waals surface area contributed by atoms with Gasteiger partial charge in [0.25, 0.3) is 0 Å². The number of aryl methyl sites for hydroxylation is 1. The number of carbonyl (C=O) groups is 1. The summed E-state index contributed by atoms with van der Waals surface area (Å²) in [6, 6.07) is 19.9. The van der Waals surface area contributed by atoms with Crippen LogP contribution in [0.15, 0.2) is 60.7 Å². The number of ether oxygens (including phenoxy) is 1. The van der Waals surface area contributed by atoms with E-state index in [1.807, 2.05) is 48.5 Å². The van der Waals surface area contributed by atoms with Crippen molar-refractivity contribution in [1.29, 1.82) is 0 Å². The number of benzene rings is 2. The molecule has 3 aromatic rings. The second-order valence-electron chi connectivity index (χ2n) is 7.95. The molecule has 0 spiro atoms.